The van der Waals surface area contributed by atoms with Crippen LogP contribution in [0.15, 0.2) is 103 Å². The Morgan fingerprint density at radius 3 is 1.93 bits per heavy atom. The van der Waals surface area contributed by atoms with Crippen LogP contribution in [0.3, 0.4) is 0 Å². The maximum Gasteiger partial charge on any atom is 0.246 e. The molecule has 0 aliphatic rings. The first-order valence-corrected chi connectivity index (χ1v) is 11.2. The monoisotopic (exact) mass is 507 g/mol. The highest BCUT2D eigenvalue weighted by molar-refractivity contribution is 9.12. The van der Waals surface area contributed by atoms with Crippen molar-refractivity contribution in [1.29, 1.82) is 0 Å². The summed E-state index contributed by atoms with van der Waals surface area (Å²) in [5, 5.41) is 2.25. The number of halogens is 2. The number of hydrogen-bond acceptors (Lipinski definition) is 1. The van der Waals surface area contributed by atoms with E-state index in [1.54, 1.807) is 4.90 Å². The van der Waals surface area contributed by atoms with E-state index in [1.807, 2.05) is 78.9 Å². The molecule has 144 valence electrons. The number of hydrogen-bond donors (Lipinski definition) is 0. The van der Waals surface area contributed by atoms with E-state index in [0.717, 1.165) is 27.7 Å². The van der Waals surface area contributed by atoms with Gasteiger partial charge in [0.2, 0.25) is 5.91 Å². The molecular formula is C25H19Br2NO. The highest BCUT2D eigenvalue weighted by Gasteiger charge is 2.31. The molecular weight excluding hydrogens is 490 g/mol. The van der Waals surface area contributed by atoms with Crippen molar-refractivity contribution in [3.05, 3.63) is 109 Å². The summed E-state index contributed by atoms with van der Waals surface area (Å²) in [6.45, 7) is 0. The Hall–Kier alpha value is -2.43. The minimum absolute atomic E-state index is 0.0304. The first-order valence-electron chi connectivity index (χ1n) is 9.36. The molecule has 4 aromatic rings. The summed E-state index contributed by atoms with van der Waals surface area (Å²) in [4.78, 5) is 14.8. The second-order valence-corrected chi connectivity index (χ2v) is 8.73. The van der Waals surface area contributed by atoms with Crippen LogP contribution in [0.2, 0.25) is 0 Å². The normalized spacial score (nSPS) is 13.0. The number of amides is 1. The molecule has 2 atom stereocenters. The number of fused-ring (bicyclic) bond motifs is 1. The van der Waals surface area contributed by atoms with Gasteiger partial charge < -0.3 is 0 Å². The minimum atomic E-state index is -0.434. The predicted octanol–water partition coefficient (Wildman–Crippen LogP) is 7.40. The lowest BCUT2D eigenvalue weighted by Gasteiger charge is -2.28. The molecule has 0 heterocycles. The van der Waals surface area contributed by atoms with E-state index in [1.165, 1.54) is 0 Å². The second kappa shape index (κ2) is 8.93. The Kier molecular flexibility index (Phi) is 6.12. The van der Waals surface area contributed by atoms with Gasteiger partial charge in [-0.15, -0.1) is 0 Å². The van der Waals surface area contributed by atoms with Crippen molar-refractivity contribution >= 4 is 59.9 Å². The van der Waals surface area contributed by atoms with Crippen LogP contribution in [0.5, 0.6) is 0 Å². The zero-order chi connectivity index (χ0) is 20.2. The van der Waals surface area contributed by atoms with Gasteiger partial charge in [0.15, 0.2) is 0 Å². The molecule has 0 bridgehead atoms. The number of rotatable bonds is 5. The zero-order valence-corrected chi connectivity index (χ0v) is 18.8. The Bertz CT molecular complexity index is 1120. The zero-order valence-electron chi connectivity index (χ0n) is 15.6. The van der Waals surface area contributed by atoms with Crippen molar-refractivity contribution in [1.82, 2.24) is 0 Å². The first-order chi connectivity index (χ1) is 14.1. The molecule has 2 nitrogen and oxygen atoms in total. The summed E-state index contributed by atoms with van der Waals surface area (Å²) >= 11 is 7.36. The van der Waals surface area contributed by atoms with Crippen LogP contribution in [0, 0.1) is 0 Å². The third kappa shape index (κ3) is 4.29. The van der Waals surface area contributed by atoms with Gasteiger partial charge in [0, 0.05) is 11.4 Å². The van der Waals surface area contributed by atoms with Crippen LogP contribution < -0.4 is 4.90 Å². The molecule has 29 heavy (non-hydrogen) atoms. The molecule has 0 spiro atoms. The van der Waals surface area contributed by atoms with Crippen LogP contribution in [0.25, 0.3) is 10.8 Å². The molecule has 0 unspecified atom stereocenters. The maximum atomic E-state index is 13.6. The molecule has 1 amide bonds. The molecule has 0 aliphatic heterocycles. The number of carbonyl (C=O) groups is 1. The quantitative estimate of drug-likeness (QED) is 0.257. The molecule has 0 aliphatic carbocycles. The van der Waals surface area contributed by atoms with Gasteiger partial charge >= 0.3 is 0 Å². The van der Waals surface area contributed by atoms with Gasteiger partial charge in [0.05, 0.1) is 4.83 Å². The van der Waals surface area contributed by atoms with E-state index >= 15 is 0 Å². The lowest BCUT2D eigenvalue weighted by Crippen LogP contribution is -2.35. The topological polar surface area (TPSA) is 20.3 Å². The van der Waals surface area contributed by atoms with Crippen LogP contribution in [0.1, 0.15) is 10.4 Å². The minimum Gasteiger partial charge on any atom is -0.280 e. The molecule has 4 rings (SSSR count). The molecule has 0 radical (unpaired) electrons. The van der Waals surface area contributed by atoms with Gasteiger partial charge in [0.1, 0.15) is 4.83 Å². The van der Waals surface area contributed by atoms with Gasteiger partial charge in [-0.2, -0.15) is 0 Å². The van der Waals surface area contributed by atoms with E-state index in [2.05, 4.69) is 56.1 Å². The maximum absolute atomic E-state index is 13.6. The summed E-state index contributed by atoms with van der Waals surface area (Å²) in [5.74, 6) is -0.0304. The summed E-state index contributed by atoms with van der Waals surface area (Å²) in [6, 6.07) is 34.0. The molecule has 0 N–H and O–H groups in total. The fourth-order valence-electron chi connectivity index (χ4n) is 3.35. The summed E-state index contributed by atoms with van der Waals surface area (Å²) in [5.41, 5.74) is 2.73. The Morgan fingerprint density at radius 2 is 1.24 bits per heavy atom. The van der Waals surface area contributed by atoms with Crippen molar-refractivity contribution in [3.63, 3.8) is 0 Å². The Balaban J connectivity index is 1.75. The van der Waals surface area contributed by atoms with E-state index in [-0.39, 0.29) is 10.7 Å². The van der Waals surface area contributed by atoms with Gasteiger partial charge in [0.25, 0.3) is 0 Å². The lowest BCUT2D eigenvalue weighted by molar-refractivity contribution is -0.117. The number of para-hydroxylation sites is 1. The highest BCUT2D eigenvalue weighted by atomic mass is 79.9. The Labute approximate surface area is 187 Å². The number of benzene rings is 4. The smallest absolute Gasteiger partial charge is 0.246 e. The van der Waals surface area contributed by atoms with E-state index in [9.17, 15) is 4.79 Å². The van der Waals surface area contributed by atoms with Crippen molar-refractivity contribution in [3.8, 4) is 0 Å². The molecule has 4 aromatic carbocycles. The van der Waals surface area contributed by atoms with E-state index < -0.39 is 4.83 Å². The lowest BCUT2D eigenvalue weighted by atomic mass is 10.1. The van der Waals surface area contributed by atoms with Gasteiger partial charge in [-0.3, -0.25) is 9.69 Å². The third-order valence-electron chi connectivity index (χ3n) is 4.84. The van der Waals surface area contributed by atoms with Crippen molar-refractivity contribution in [2.24, 2.45) is 0 Å². The second-order valence-electron chi connectivity index (χ2n) is 6.75. The summed E-state index contributed by atoms with van der Waals surface area (Å²) < 4.78 is 0. The largest absolute Gasteiger partial charge is 0.280 e. The number of alkyl halides is 2. The fourth-order valence-corrected chi connectivity index (χ4v) is 4.39. The predicted molar refractivity (Wildman–Crippen MR) is 128 cm³/mol. The summed E-state index contributed by atoms with van der Waals surface area (Å²) in [7, 11) is 0. The number of nitrogens with zero attached hydrogens (tertiary/aromatic N) is 1. The van der Waals surface area contributed by atoms with E-state index in [0.29, 0.717) is 0 Å². The van der Waals surface area contributed by atoms with Crippen molar-refractivity contribution < 1.29 is 4.79 Å². The standard InChI is InChI=1S/C25H19Br2NO/c26-23(19-10-3-1-4-11-19)24(27)25(29)28(21-13-5-2-6-14-21)22-16-15-18-9-7-8-12-20(18)17-22/h1-17,23-24H/t23-,24-/m1/s1. The van der Waals surface area contributed by atoms with Crippen molar-refractivity contribution in [2.45, 2.75) is 9.65 Å². The van der Waals surface area contributed by atoms with Gasteiger partial charge in [-0.25, -0.2) is 0 Å². The average molecular weight is 509 g/mol. The van der Waals surface area contributed by atoms with Crippen LogP contribution >= 0.6 is 31.9 Å². The fraction of sp³-hybridized carbons (Fsp3) is 0.0800. The van der Waals surface area contributed by atoms with E-state index in [4.69, 9.17) is 0 Å². The number of anilines is 2. The van der Waals surface area contributed by atoms with Crippen LogP contribution in [-0.2, 0) is 4.79 Å². The molecule has 0 fully saturated rings. The highest BCUT2D eigenvalue weighted by Crippen LogP contribution is 2.36. The Morgan fingerprint density at radius 1 is 0.655 bits per heavy atom. The first kappa shape index (κ1) is 19.9. The van der Waals surface area contributed by atoms with Gasteiger partial charge in [-0.1, -0.05) is 111 Å². The van der Waals surface area contributed by atoms with Crippen LogP contribution in [-0.4, -0.2) is 10.7 Å². The SMILES string of the molecule is O=C([C@H](Br)[C@H](Br)c1ccccc1)N(c1ccccc1)c1ccc2ccccc2c1. The summed E-state index contributed by atoms with van der Waals surface area (Å²) in [6.07, 6.45) is 0. The van der Waals surface area contributed by atoms with Crippen molar-refractivity contribution in [2.75, 3.05) is 4.90 Å². The van der Waals surface area contributed by atoms with Gasteiger partial charge in [-0.05, 0) is 40.6 Å². The molecule has 0 saturated carbocycles. The molecule has 0 saturated heterocycles. The molecule has 4 heteroatoms. The average Bonchev–Trinajstić information content (AvgIpc) is 2.79. The molecule has 0 aromatic heterocycles. The van der Waals surface area contributed by atoms with Crippen LogP contribution in [0.4, 0.5) is 11.4 Å². The third-order valence-corrected chi connectivity index (χ3v) is 7.52. The number of carbonyl (C=O) groups excluding carboxylic acids is 1.